The highest BCUT2D eigenvalue weighted by Crippen LogP contribution is 2.26. The summed E-state index contributed by atoms with van der Waals surface area (Å²) >= 11 is 0. The third-order valence-electron chi connectivity index (χ3n) is 3.77. The monoisotopic (exact) mass is 293 g/mol. The Morgan fingerprint density at radius 3 is 1.14 bits per heavy atom. The zero-order valence-electron chi connectivity index (χ0n) is 13.2. The molecule has 0 aromatic carbocycles. The lowest BCUT2D eigenvalue weighted by atomic mass is 10.3. The molecule has 0 amide bonds. The van der Waals surface area contributed by atoms with Gasteiger partial charge >= 0.3 is 0 Å². The average Bonchev–Trinajstić information content (AvgIpc) is 2.53. The molecule has 0 N–H and O–H groups in total. The maximum absolute atomic E-state index is 2.25. The summed E-state index contributed by atoms with van der Waals surface area (Å²) < 4.78 is 6.38. The van der Waals surface area contributed by atoms with Gasteiger partial charge in [0.25, 0.3) is 17.5 Å². The smallest absolute Gasteiger partial charge is 0.236 e. The first kappa shape index (κ1) is 14.2. The van der Waals surface area contributed by atoms with Crippen molar-refractivity contribution in [2.75, 3.05) is 4.90 Å². The van der Waals surface area contributed by atoms with Crippen molar-refractivity contribution in [1.29, 1.82) is 0 Å². The van der Waals surface area contributed by atoms with Crippen LogP contribution in [0.25, 0.3) is 0 Å². The van der Waals surface area contributed by atoms with Gasteiger partial charge in [-0.2, -0.15) is 0 Å². The van der Waals surface area contributed by atoms with Crippen molar-refractivity contribution < 1.29 is 13.7 Å². The van der Waals surface area contributed by atoms with E-state index in [-0.39, 0.29) is 0 Å². The molecule has 0 unspecified atom stereocenters. The molecule has 22 heavy (non-hydrogen) atoms. The predicted molar refractivity (Wildman–Crippen MR) is 84.7 cm³/mol. The van der Waals surface area contributed by atoms with Crippen LogP contribution in [0.1, 0.15) is 0 Å². The van der Waals surface area contributed by atoms with Gasteiger partial charge in [-0.3, -0.25) is 0 Å². The maximum atomic E-state index is 2.25. The Bertz CT molecular complexity index is 690. The van der Waals surface area contributed by atoms with Crippen molar-refractivity contribution in [2.45, 2.75) is 0 Å². The molecule has 0 aliphatic heterocycles. The molecule has 0 radical (unpaired) electrons. The van der Waals surface area contributed by atoms with E-state index in [4.69, 9.17) is 0 Å². The zero-order valence-corrected chi connectivity index (χ0v) is 13.2. The lowest BCUT2D eigenvalue weighted by Gasteiger charge is -2.17. The Hall–Kier alpha value is -2.75. The van der Waals surface area contributed by atoms with Gasteiger partial charge in [-0.15, -0.1) is 4.90 Å². The molecule has 3 aromatic heterocycles. The molecule has 3 aromatic rings. The van der Waals surface area contributed by atoms with Crippen LogP contribution in [0.2, 0.25) is 0 Å². The molecule has 0 atom stereocenters. The van der Waals surface area contributed by atoms with E-state index in [9.17, 15) is 0 Å². The van der Waals surface area contributed by atoms with Crippen LogP contribution in [-0.2, 0) is 21.1 Å². The van der Waals surface area contributed by atoms with Crippen molar-refractivity contribution in [3.8, 4) is 0 Å². The average molecular weight is 293 g/mol. The first-order chi connectivity index (χ1) is 10.7. The van der Waals surface area contributed by atoms with Crippen LogP contribution in [0.4, 0.5) is 17.5 Å². The summed E-state index contributed by atoms with van der Waals surface area (Å²) in [4.78, 5) is 2.25. The van der Waals surface area contributed by atoms with Crippen LogP contribution in [-0.4, -0.2) is 0 Å². The highest BCUT2D eigenvalue weighted by atomic mass is 15.3. The number of aromatic nitrogens is 3. The van der Waals surface area contributed by atoms with Gasteiger partial charge in [0.05, 0.1) is 39.7 Å². The number of rotatable bonds is 3. The van der Waals surface area contributed by atoms with Gasteiger partial charge in [-0.1, -0.05) is 18.2 Å². The third kappa shape index (κ3) is 2.55. The SMILES string of the molecule is C[n+]1ccccc1N(c1cccc[n+]1C)c1cccc[n+]1C. The number of anilines is 3. The molecule has 0 aliphatic carbocycles. The minimum absolute atomic E-state index is 1.10. The summed E-state index contributed by atoms with van der Waals surface area (Å²) in [6, 6.07) is 18.7. The van der Waals surface area contributed by atoms with Crippen LogP contribution in [0.5, 0.6) is 0 Å². The molecular weight excluding hydrogens is 272 g/mol. The van der Waals surface area contributed by atoms with Crippen molar-refractivity contribution in [1.82, 2.24) is 0 Å². The standard InChI is InChI=1S/C18H21N4/c1-19-13-7-4-10-16(19)22(17-11-5-8-14-20(17)2)18-12-6-9-15-21(18)3/h4-15H,1-3H3/q+3. The second-order valence-electron chi connectivity index (χ2n) is 5.34. The van der Waals surface area contributed by atoms with Crippen molar-refractivity contribution in [3.63, 3.8) is 0 Å². The predicted octanol–water partition coefficient (Wildman–Crippen LogP) is 1.63. The summed E-state index contributed by atoms with van der Waals surface area (Å²) in [6.45, 7) is 0. The normalized spacial score (nSPS) is 10.5. The Kier molecular flexibility index (Phi) is 3.83. The van der Waals surface area contributed by atoms with E-state index in [1.807, 2.05) is 18.2 Å². The molecule has 0 fully saturated rings. The largest absolute Gasteiger partial charge is 0.292 e. The lowest BCUT2D eigenvalue weighted by Crippen LogP contribution is -2.45. The van der Waals surface area contributed by atoms with Crippen LogP contribution in [0.15, 0.2) is 73.2 Å². The molecule has 3 rings (SSSR count). The topological polar surface area (TPSA) is 14.9 Å². The fraction of sp³-hybridized carbons (Fsp3) is 0.167. The number of hydrogen-bond donors (Lipinski definition) is 0. The molecule has 3 heterocycles. The van der Waals surface area contributed by atoms with Gasteiger partial charge in [0.15, 0.2) is 0 Å². The van der Waals surface area contributed by atoms with Gasteiger partial charge in [-0.05, 0) is 18.2 Å². The second-order valence-corrected chi connectivity index (χ2v) is 5.34. The van der Waals surface area contributed by atoms with Crippen LogP contribution in [0.3, 0.4) is 0 Å². The van der Waals surface area contributed by atoms with Crippen LogP contribution < -0.4 is 18.6 Å². The Morgan fingerprint density at radius 1 is 0.545 bits per heavy atom. The number of pyridine rings is 3. The summed E-state index contributed by atoms with van der Waals surface area (Å²) in [6.07, 6.45) is 6.19. The Balaban J connectivity index is 2.27. The molecule has 0 saturated carbocycles. The van der Waals surface area contributed by atoms with Gasteiger partial charge in [-0.25, -0.2) is 13.7 Å². The maximum Gasteiger partial charge on any atom is 0.292 e. The van der Waals surface area contributed by atoms with E-state index in [0.717, 1.165) is 17.5 Å². The molecule has 4 nitrogen and oxygen atoms in total. The number of nitrogens with zero attached hydrogens (tertiary/aromatic N) is 4. The third-order valence-corrected chi connectivity index (χ3v) is 3.77. The molecule has 0 spiro atoms. The van der Waals surface area contributed by atoms with Gasteiger partial charge in [0, 0.05) is 18.2 Å². The van der Waals surface area contributed by atoms with Crippen LogP contribution >= 0.6 is 0 Å². The molecule has 4 heteroatoms. The first-order valence-electron chi connectivity index (χ1n) is 7.32. The fourth-order valence-corrected chi connectivity index (χ4v) is 2.59. The highest BCUT2D eigenvalue weighted by Gasteiger charge is 2.30. The quantitative estimate of drug-likeness (QED) is 0.670. The summed E-state index contributed by atoms with van der Waals surface area (Å²) in [5, 5.41) is 0. The van der Waals surface area contributed by atoms with Crippen LogP contribution in [0, 0.1) is 0 Å². The summed E-state index contributed by atoms with van der Waals surface area (Å²) in [5.74, 6) is 3.31. The first-order valence-corrected chi connectivity index (χ1v) is 7.32. The van der Waals surface area contributed by atoms with Gasteiger partial charge in [0.2, 0.25) is 0 Å². The minimum Gasteiger partial charge on any atom is -0.236 e. The molecule has 110 valence electrons. The van der Waals surface area contributed by atoms with E-state index in [0.29, 0.717) is 0 Å². The van der Waals surface area contributed by atoms with E-state index in [1.54, 1.807) is 0 Å². The van der Waals surface area contributed by atoms with Crippen molar-refractivity contribution in [2.24, 2.45) is 21.1 Å². The second kappa shape index (κ2) is 5.93. The number of hydrogen-bond acceptors (Lipinski definition) is 1. The summed E-state index contributed by atoms with van der Waals surface area (Å²) in [7, 11) is 6.19. The van der Waals surface area contributed by atoms with Crippen molar-refractivity contribution in [3.05, 3.63) is 73.2 Å². The van der Waals surface area contributed by atoms with E-state index in [2.05, 4.69) is 94.7 Å². The van der Waals surface area contributed by atoms with E-state index < -0.39 is 0 Å². The Labute approximate surface area is 131 Å². The zero-order chi connectivity index (χ0) is 15.5. The summed E-state index contributed by atoms with van der Waals surface area (Å²) in [5.41, 5.74) is 0. The molecular formula is C18H21N4+3. The molecule has 0 saturated heterocycles. The number of aryl methyl sites for hydroxylation is 3. The molecule has 0 aliphatic rings. The van der Waals surface area contributed by atoms with Crippen molar-refractivity contribution >= 4 is 17.5 Å². The minimum atomic E-state index is 1.10. The molecule has 0 bridgehead atoms. The van der Waals surface area contributed by atoms with E-state index in [1.165, 1.54) is 0 Å². The lowest BCUT2D eigenvalue weighted by molar-refractivity contribution is -0.676. The van der Waals surface area contributed by atoms with Gasteiger partial charge < -0.3 is 0 Å². The fourth-order valence-electron chi connectivity index (χ4n) is 2.59. The highest BCUT2D eigenvalue weighted by molar-refractivity contribution is 5.63. The van der Waals surface area contributed by atoms with Gasteiger partial charge in [0.1, 0.15) is 0 Å². The Morgan fingerprint density at radius 2 is 0.864 bits per heavy atom. The van der Waals surface area contributed by atoms with E-state index >= 15 is 0 Å².